The number of benzene rings is 1. The normalized spacial score (nSPS) is 17.6. The van der Waals surface area contributed by atoms with Gasteiger partial charge in [-0.1, -0.05) is 25.0 Å². The fourth-order valence-electron chi connectivity index (χ4n) is 2.27. The molecule has 0 spiro atoms. The molecular weight excluding hydrogens is 248 g/mol. The molecule has 0 aromatic heterocycles. The van der Waals surface area contributed by atoms with Crippen LogP contribution in [0, 0.1) is 0 Å². The predicted molar refractivity (Wildman–Crippen MR) is 73.2 cm³/mol. The summed E-state index contributed by atoms with van der Waals surface area (Å²) in [6, 6.07) is 7.33. The highest BCUT2D eigenvalue weighted by Crippen LogP contribution is 2.39. The van der Waals surface area contributed by atoms with Crippen molar-refractivity contribution in [3.05, 3.63) is 29.8 Å². The molecule has 1 aromatic carbocycles. The van der Waals surface area contributed by atoms with Gasteiger partial charge in [0.1, 0.15) is 11.0 Å². The first-order valence-electron chi connectivity index (χ1n) is 6.23. The van der Waals surface area contributed by atoms with E-state index in [1.807, 2.05) is 24.3 Å². The first-order chi connectivity index (χ1) is 8.70. The number of methoxy groups -OCH3 is 1. The van der Waals surface area contributed by atoms with E-state index in [0.29, 0.717) is 5.25 Å². The van der Waals surface area contributed by atoms with Crippen LogP contribution in [-0.4, -0.2) is 23.4 Å². The van der Waals surface area contributed by atoms with Gasteiger partial charge >= 0.3 is 5.97 Å². The summed E-state index contributed by atoms with van der Waals surface area (Å²) in [4.78, 5) is 11.4. The van der Waals surface area contributed by atoms with Crippen LogP contribution in [0.3, 0.4) is 0 Å². The molecule has 1 aliphatic rings. The Bertz CT molecular complexity index is 396. The van der Waals surface area contributed by atoms with E-state index in [0.717, 1.165) is 24.2 Å². The lowest BCUT2D eigenvalue weighted by Gasteiger charge is -2.17. The summed E-state index contributed by atoms with van der Waals surface area (Å²) in [5, 5.41) is 9.40. The van der Waals surface area contributed by atoms with Crippen molar-refractivity contribution < 1.29 is 14.6 Å². The maximum absolute atomic E-state index is 11.4. The van der Waals surface area contributed by atoms with E-state index < -0.39 is 11.2 Å². The number of ether oxygens (including phenoxy) is 1. The molecule has 0 amide bonds. The summed E-state index contributed by atoms with van der Waals surface area (Å²) in [6.45, 7) is 0. The molecular formula is C14H18O3S. The Labute approximate surface area is 112 Å². The molecule has 0 aliphatic heterocycles. The minimum Gasteiger partial charge on any atom is -0.497 e. The quantitative estimate of drug-likeness (QED) is 0.886. The molecule has 0 saturated heterocycles. The third kappa shape index (κ3) is 3.19. The SMILES string of the molecule is COc1ccc(C(SC2CCCC2)C(=O)O)cc1. The first kappa shape index (κ1) is 13.3. The van der Waals surface area contributed by atoms with Crippen LogP contribution in [0.15, 0.2) is 24.3 Å². The van der Waals surface area contributed by atoms with Gasteiger partial charge in [0.2, 0.25) is 0 Å². The molecule has 1 fully saturated rings. The van der Waals surface area contributed by atoms with E-state index in [2.05, 4.69) is 0 Å². The maximum Gasteiger partial charge on any atom is 0.321 e. The molecule has 1 aromatic rings. The van der Waals surface area contributed by atoms with Crippen molar-refractivity contribution in [2.45, 2.75) is 36.2 Å². The van der Waals surface area contributed by atoms with Crippen molar-refractivity contribution in [2.75, 3.05) is 7.11 Å². The summed E-state index contributed by atoms with van der Waals surface area (Å²) < 4.78 is 5.09. The van der Waals surface area contributed by atoms with Crippen LogP contribution in [0.1, 0.15) is 36.5 Å². The zero-order valence-corrected chi connectivity index (χ0v) is 11.3. The molecule has 98 valence electrons. The second kappa shape index (κ2) is 6.14. The molecule has 3 nitrogen and oxygen atoms in total. The molecule has 4 heteroatoms. The number of carboxylic acids is 1. The third-order valence-corrected chi connectivity index (χ3v) is 4.88. The largest absolute Gasteiger partial charge is 0.497 e. The number of carbonyl (C=O) groups is 1. The molecule has 0 bridgehead atoms. The molecule has 0 radical (unpaired) electrons. The number of thioether (sulfide) groups is 1. The second-order valence-electron chi connectivity index (χ2n) is 4.53. The Morgan fingerprint density at radius 1 is 1.33 bits per heavy atom. The summed E-state index contributed by atoms with van der Waals surface area (Å²) in [5.74, 6) is 0.00539. The van der Waals surface area contributed by atoms with Crippen molar-refractivity contribution in [2.24, 2.45) is 0 Å². The van der Waals surface area contributed by atoms with E-state index in [1.165, 1.54) is 12.8 Å². The van der Waals surface area contributed by atoms with Crippen LogP contribution < -0.4 is 4.74 Å². The van der Waals surface area contributed by atoms with Crippen LogP contribution in [-0.2, 0) is 4.79 Å². The molecule has 2 rings (SSSR count). The van der Waals surface area contributed by atoms with Crippen LogP contribution >= 0.6 is 11.8 Å². The van der Waals surface area contributed by atoms with Crippen LogP contribution in [0.5, 0.6) is 5.75 Å². The molecule has 1 atom stereocenters. The number of rotatable bonds is 5. The fourth-order valence-corrected chi connectivity index (χ4v) is 3.70. The van der Waals surface area contributed by atoms with Crippen molar-refractivity contribution >= 4 is 17.7 Å². The van der Waals surface area contributed by atoms with Gasteiger partial charge in [-0.3, -0.25) is 4.79 Å². The van der Waals surface area contributed by atoms with Crippen LogP contribution in [0.25, 0.3) is 0 Å². The molecule has 1 unspecified atom stereocenters. The van der Waals surface area contributed by atoms with E-state index in [-0.39, 0.29) is 0 Å². The predicted octanol–water partition coefficient (Wildman–Crippen LogP) is 3.50. The molecule has 1 N–H and O–H groups in total. The maximum atomic E-state index is 11.4. The van der Waals surface area contributed by atoms with Gasteiger partial charge in [-0.25, -0.2) is 0 Å². The zero-order chi connectivity index (χ0) is 13.0. The van der Waals surface area contributed by atoms with E-state index in [4.69, 9.17) is 4.74 Å². The molecule has 18 heavy (non-hydrogen) atoms. The number of carboxylic acid groups (broad SMARTS) is 1. The van der Waals surface area contributed by atoms with Crippen LogP contribution in [0.4, 0.5) is 0 Å². The average molecular weight is 266 g/mol. The van der Waals surface area contributed by atoms with E-state index >= 15 is 0 Å². The topological polar surface area (TPSA) is 46.5 Å². The monoisotopic (exact) mass is 266 g/mol. The summed E-state index contributed by atoms with van der Waals surface area (Å²) >= 11 is 1.59. The Morgan fingerprint density at radius 3 is 2.44 bits per heavy atom. The Balaban J connectivity index is 2.10. The number of hydrogen-bond donors (Lipinski definition) is 1. The van der Waals surface area contributed by atoms with Crippen molar-refractivity contribution in [1.82, 2.24) is 0 Å². The summed E-state index contributed by atoms with van der Waals surface area (Å²) in [5.41, 5.74) is 0.847. The second-order valence-corrected chi connectivity index (χ2v) is 5.94. The summed E-state index contributed by atoms with van der Waals surface area (Å²) in [7, 11) is 1.61. The Kier molecular flexibility index (Phi) is 4.53. The van der Waals surface area contributed by atoms with Crippen molar-refractivity contribution in [3.8, 4) is 5.75 Å². The van der Waals surface area contributed by atoms with Gasteiger partial charge in [0.25, 0.3) is 0 Å². The van der Waals surface area contributed by atoms with Crippen molar-refractivity contribution in [1.29, 1.82) is 0 Å². The lowest BCUT2D eigenvalue weighted by molar-refractivity contribution is -0.136. The van der Waals surface area contributed by atoms with Crippen molar-refractivity contribution in [3.63, 3.8) is 0 Å². The standard InChI is InChI=1S/C14H18O3S/c1-17-11-8-6-10(7-9-11)13(14(15)16)18-12-4-2-3-5-12/h6-9,12-13H,2-5H2,1H3,(H,15,16). The highest BCUT2D eigenvalue weighted by atomic mass is 32.2. The van der Waals surface area contributed by atoms with Gasteiger partial charge in [0.15, 0.2) is 0 Å². The number of aliphatic carboxylic acids is 1. The highest BCUT2D eigenvalue weighted by Gasteiger charge is 2.26. The molecule has 1 aliphatic carbocycles. The first-order valence-corrected chi connectivity index (χ1v) is 7.17. The Morgan fingerprint density at radius 2 is 1.94 bits per heavy atom. The van der Waals surface area contributed by atoms with E-state index in [9.17, 15) is 9.90 Å². The van der Waals surface area contributed by atoms with Gasteiger partial charge < -0.3 is 9.84 Å². The minimum absolute atomic E-state index is 0.459. The van der Waals surface area contributed by atoms with Gasteiger partial charge in [0.05, 0.1) is 7.11 Å². The highest BCUT2D eigenvalue weighted by molar-refractivity contribution is 8.00. The van der Waals surface area contributed by atoms with Crippen LogP contribution in [0.2, 0.25) is 0 Å². The lowest BCUT2D eigenvalue weighted by atomic mass is 10.1. The minimum atomic E-state index is -0.753. The average Bonchev–Trinajstić information content (AvgIpc) is 2.89. The van der Waals surface area contributed by atoms with Gasteiger partial charge in [-0.2, -0.15) is 0 Å². The lowest BCUT2D eigenvalue weighted by Crippen LogP contribution is -2.11. The van der Waals surface area contributed by atoms with Gasteiger partial charge in [-0.15, -0.1) is 11.8 Å². The zero-order valence-electron chi connectivity index (χ0n) is 10.5. The smallest absolute Gasteiger partial charge is 0.321 e. The number of hydrogen-bond acceptors (Lipinski definition) is 3. The fraction of sp³-hybridized carbons (Fsp3) is 0.500. The van der Waals surface area contributed by atoms with Gasteiger partial charge in [-0.05, 0) is 30.5 Å². The van der Waals surface area contributed by atoms with E-state index in [1.54, 1.807) is 18.9 Å². The molecule has 1 saturated carbocycles. The Hall–Kier alpha value is -1.16. The molecule has 0 heterocycles. The summed E-state index contributed by atoms with van der Waals surface area (Å²) in [6.07, 6.45) is 4.74. The van der Waals surface area contributed by atoms with Gasteiger partial charge in [0, 0.05) is 5.25 Å². The third-order valence-electron chi connectivity index (χ3n) is 3.27.